The van der Waals surface area contributed by atoms with Crippen LogP contribution in [0.25, 0.3) is 0 Å². The first-order chi connectivity index (χ1) is 14.5. The maximum Gasteiger partial charge on any atom is 3.00 e. The molecule has 173 valence electrons. The molecule has 0 atom stereocenters. The van der Waals surface area contributed by atoms with Crippen molar-refractivity contribution in [3.63, 3.8) is 0 Å². The van der Waals surface area contributed by atoms with Crippen LogP contribution in [-0.4, -0.2) is 0 Å². The topological polar surface area (TPSA) is 23.1 Å². The number of hydrogen-bond acceptors (Lipinski definition) is 1. The molecule has 1 nitrogen and oxygen atoms in total. The van der Waals surface area contributed by atoms with Crippen molar-refractivity contribution in [3.8, 4) is 5.75 Å². The molecule has 4 heteroatoms. The fourth-order valence-electron chi connectivity index (χ4n) is 6.26. The van der Waals surface area contributed by atoms with Crippen molar-refractivity contribution in [2.75, 3.05) is 0 Å². The van der Waals surface area contributed by atoms with Gasteiger partial charge in [-0.25, -0.2) is 0 Å². The first-order valence-corrected chi connectivity index (χ1v) is 11.8. The molecule has 0 amide bonds. The van der Waals surface area contributed by atoms with Gasteiger partial charge in [-0.3, -0.25) is 0 Å². The van der Waals surface area contributed by atoms with Crippen LogP contribution in [0.4, 0.5) is 0 Å². The molecule has 0 aromatic heterocycles. The third-order valence-electron chi connectivity index (χ3n) is 7.82. The van der Waals surface area contributed by atoms with Crippen molar-refractivity contribution in [1.82, 2.24) is 0 Å². The van der Waals surface area contributed by atoms with Gasteiger partial charge in [-0.1, -0.05) is 73.0 Å². The second-order valence-corrected chi connectivity index (χ2v) is 10.1. The quantitative estimate of drug-likeness (QED) is 0.564. The Morgan fingerprint density at radius 1 is 0.788 bits per heavy atom. The van der Waals surface area contributed by atoms with Crippen molar-refractivity contribution in [3.05, 3.63) is 87.0 Å². The zero-order valence-corrected chi connectivity index (χ0v) is 23.0. The number of aryl methyl sites for hydroxylation is 1. The summed E-state index contributed by atoms with van der Waals surface area (Å²) in [7, 11) is 0. The number of benzene rings is 2. The van der Waals surface area contributed by atoms with Crippen LogP contribution in [0.15, 0.2) is 64.8 Å². The number of allylic oxidation sites excluding steroid dienone is 4. The first kappa shape index (κ1) is 28.3. The maximum absolute atomic E-state index is 14.0. The molecule has 0 aliphatic heterocycles. The maximum atomic E-state index is 14.0. The van der Waals surface area contributed by atoms with Gasteiger partial charge in [-0.05, 0) is 86.1 Å². The minimum atomic E-state index is -0.300. The fourth-order valence-corrected chi connectivity index (χ4v) is 6.26. The fraction of sp³-hybridized carbons (Fsp3) is 0.448. The van der Waals surface area contributed by atoms with Crippen molar-refractivity contribution in [2.45, 2.75) is 83.5 Å². The molecular formula is C29H33Cl2OTi. The second-order valence-electron chi connectivity index (χ2n) is 10.1. The molecular weight excluding hydrogens is 483 g/mol. The molecule has 1 radical (unpaired) electrons. The van der Waals surface area contributed by atoms with Gasteiger partial charge in [0, 0.05) is 11.3 Å². The van der Waals surface area contributed by atoms with Gasteiger partial charge >= 0.3 is 21.7 Å². The van der Waals surface area contributed by atoms with Crippen LogP contribution in [0, 0.1) is 6.92 Å². The van der Waals surface area contributed by atoms with Crippen molar-refractivity contribution in [1.29, 1.82) is 0 Å². The van der Waals surface area contributed by atoms with Gasteiger partial charge in [0.1, 0.15) is 0 Å². The number of halogens is 2. The Labute approximate surface area is 226 Å². The predicted molar refractivity (Wildman–Crippen MR) is 123 cm³/mol. The number of hydrogen-bond donors (Lipinski definition) is 0. The van der Waals surface area contributed by atoms with Gasteiger partial charge in [-0.15, -0.1) is 5.75 Å². The van der Waals surface area contributed by atoms with Gasteiger partial charge in [-0.2, -0.15) is 0 Å². The molecule has 0 saturated heterocycles. The van der Waals surface area contributed by atoms with Gasteiger partial charge in [0.15, 0.2) is 0 Å². The molecule has 5 rings (SSSR count). The van der Waals surface area contributed by atoms with Gasteiger partial charge in [0.05, 0.1) is 0 Å². The summed E-state index contributed by atoms with van der Waals surface area (Å²) >= 11 is 0. The number of rotatable bonds is 3. The third-order valence-corrected chi connectivity index (χ3v) is 7.82. The molecule has 2 aromatic carbocycles. The molecule has 33 heavy (non-hydrogen) atoms. The zero-order valence-electron chi connectivity index (χ0n) is 19.9. The molecule has 3 aliphatic rings. The Bertz CT molecular complexity index is 1020. The zero-order chi connectivity index (χ0) is 20.9. The van der Waals surface area contributed by atoms with Crippen molar-refractivity contribution in [2.24, 2.45) is 0 Å². The Morgan fingerprint density at radius 3 is 1.85 bits per heavy atom. The van der Waals surface area contributed by atoms with E-state index in [0.717, 1.165) is 11.1 Å². The Balaban J connectivity index is 0.00000128. The molecule has 0 N–H and O–H groups in total. The van der Waals surface area contributed by atoms with Crippen molar-refractivity contribution >= 4 is 0 Å². The van der Waals surface area contributed by atoms with E-state index < -0.39 is 0 Å². The molecule has 2 aromatic rings. The molecule has 0 fully saturated rings. The SMILES string of the molecule is Cc1cc(C2C3=C(CCCC3)C3=C2CCCC3)c([O-])c(C(C)(C)c2ccccc2)c1.[Cl-].[Cl-].[Ti+3]. The first-order valence-electron chi connectivity index (χ1n) is 11.8. The average Bonchev–Trinajstić information content (AvgIpc) is 3.10. The normalized spacial score (nSPS) is 18.0. The van der Waals surface area contributed by atoms with Crippen LogP contribution >= 0.6 is 0 Å². The molecule has 3 aliphatic carbocycles. The monoisotopic (exact) mass is 515 g/mol. The van der Waals surface area contributed by atoms with Crippen LogP contribution < -0.4 is 29.9 Å². The summed E-state index contributed by atoms with van der Waals surface area (Å²) in [6, 6.07) is 14.9. The summed E-state index contributed by atoms with van der Waals surface area (Å²) in [4.78, 5) is 0. The molecule has 0 saturated carbocycles. The Kier molecular flexibility index (Phi) is 9.56. The van der Waals surface area contributed by atoms with E-state index in [2.05, 4.69) is 57.2 Å². The molecule has 0 bridgehead atoms. The number of fused-ring (bicyclic) bond motifs is 1. The van der Waals surface area contributed by atoms with Gasteiger partial charge in [0.25, 0.3) is 0 Å². The standard InChI is InChI=1S/C29H34O.2ClH.Ti/c1-19-17-25(28(30)26(18-19)29(2,3)20-11-5-4-6-12-20)27-23-15-9-7-13-21(23)22-14-8-10-16-24(22)27;;;/h4-6,11-12,17-18,27,30H,7-10,13-16H2,1-3H3;2*1H;/q;;;+3/p-3. The minimum Gasteiger partial charge on any atom is -1.00 e. The van der Waals surface area contributed by atoms with Crippen molar-refractivity contribution < 1.29 is 51.6 Å². The Hall–Kier alpha value is -0.986. The van der Waals surface area contributed by atoms with Gasteiger partial charge in [0.2, 0.25) is 0 Å². The summed E-state index contributed by atoms with van der Waals surface area (Å²) < 4.78 is 0. The summed E-state index contributed by atoms with van der Waals surface area (Å²) in [6.07, 6.45) is 9.99. The second kappa shape index (κ2) is 11.2. The summed E-state index contributed by atoms with van der Waals surface area (Å²) in [5, 5.41) is 14.0. The van der Waals surface area contributed by atoms with E-state index >= 15 is 0 Å². The molecule has 0 spiro atoms. The summed E-state index contributed by atoms with van der Waals surface area (Å²) in [5.74, 6) is 0.532. The van der Waals surface area contributed by atoms with Crippen LogP contribution in [-0.2, 0) is 27.1 Å². The third kappa shape index (κ3) is 4.90. The van der Waals surface area contributed by atoms with E-state index in [4.69, 9.17) is 0 Å². The van der Waals surface area contributed by atoms with E-state index in [9.17, 15) is 5.11 Å². The largest absolute Gasteiger partial charge is 3.00 e. The van der Waals surface area contributed by atoms with Crippen LogP contribution in [0.2, 0.25) is 0 Å². The van der Waals surface area contributed by atoms with Gasteiger partial charge < -0.3 is 29.9 Å². The summed E-state index contributed by atoms with van der Waals surface area (Å²) in [6.45, 7) is 6.57. The van der Waals surface area contributed by atoms with E-state index in [1.807, 2.05) is 6.07 Å². The van der Waals surface area contributed by atoms with Crippen LogP contribution in [0.1, 0.15) is 93.4 Å². The predicted octanol–water partition coefficient (Wildman–Crippen LogP) is 1.24. The van der Waals surface area contributed by atoms with E-state index in [0.29, 0.717) is 0 Å². The minimum absolute atomic E-state index is 0. The molecule has 0 heterocycles. The smallest absolute Gasteiger partial charge is 1.00 e. The van der Waals surface area contributed by atoms with Crippen LogP contribution in [0.3, 0.4) is 0 Å². The average molecular weight is 516 g/mol. The van der Waals surface area contributed by atoms with Crippen LogP contribution in [0.5, 0.6) is 5.75 Å². The van der Waals surface area contributed by atoms with E-state index in [1.54, 1.807) is 22.3 Å². The Morgan fingerprint density at radius 2 is 1.30 bits per heavy atom. The molecule has 0 unspecified atom stereocenters. The van der Waals surface area contributed by atoms with E-state index in [-0.39, 0.29) is 63.6 Å². The summed E-state index contributed by atoms with van der Waals surface area (Å²) in [5.41, 5.74) is 10.6. The van der Waals surface area contributed by atoms with E-state index in [1.165, 1.54) is 62.5 Å².